The van der Waals surface area contributed by atoms with E-state index in [1.165, 1.54) is 0 Å². The summed E-state index contributed by atoms with van der Waals surface area (Å²) >= 11 is 0. The topological polar surface area (TPSA) is 49.3 Å². The quantitative estimate of drug-likeness (QED) is 0.750. The van der Waals surface area contributed by atoms with Gasteiger partial charge in [-0.05, 0) is 18.1 Å². The van der Waals surface area contributed by atoms with E-state index in [9.17, 15) is 4.79 Å². The Labute approximate surface area is 83.8 Å². The fourth-order valence-electron chi connectivity index (χ4n) is 1.02. The van der Waals surface area contributed by atoms with E-state index in [1.807, 2.05) is 25.1 Å². The van der Waals surface area contributed by atoms with E-state index in [1.54, 1.807) is 12.1 Å². The predicted octanol–water partition coefficient (Wildman–Crippen LogP) is 1.04. The third kappa shape index (κ3) is 3.18. The number of hydrogen-bond donors (Lipinski definition) is 2. The van der Waals surface area contributed by atoms with Gasteiger partial charge in [-0.1, -0.05) is 25.1 Å². The van der Waals surface area contributed by atoms with Crippen LogP contribution in [0.4, 0.5) is 0 Å². The molecule has 3 nitrogen and oxygen atoms in total. The summed E-state index contributed by atoms with van der Waals surface area (Å²) in [6, 6.07) is 9.04. The maximum Gasteiger partial charge on any atom is 0.251 e. The average Bonchev–Trinajstić information content (AvgIpc) is 2.26. The molecule has 0 fully saturated rings. The minimum atomic E-state index is -0.0918. The van der Waals surface area contributed by atoms with Crippen LogP contribution < -0.4 is 5.32 Å². The van der Waals surface area contributed by atoms with Gasteiger partial charge in [-0.2, -0.15) is 0 Å². The Bertz CT molecular complexity index is 285. The zero-order valence-corrected chi connectivity index (χ0v) is 8.23. The Kier molecular flexibility index (Phi) is 4.13. The molecule has 0 unspecified atom stereocenters. The molecule has 0 radical (unpaired) electrons. The maximum absolute atomic E-state index is 11.5. The molecule has 1 atom stereocenters. The highest BCUT2D eigenvalue weighted by atomic mass is 16.3. The van der Waals surface area contributed by atoms with E-state index < -0.39 is 0 Å². The lowest BCUT2D eigenvalue weighted by atomic mass is 10.2. The molecule has 1 aromatic carbocycles. The van der Waals surface area contributed by atoms with Crippen molar-refractivity contribution in [3.8, 4) is 0 Å². The number of benzene rings is 1. The second-order valence-electron chi connectivity index (χ2n) is 3.36. The maximum atomic E-state index is 11.5. The van der Waals surface area contributed by atoms with Gasteiger partial charge in [0, 0.05) is 18.7 Å². The van der Waals surface area contributed by atoms with Crippen molar-refractivity contribution >= 4 is 5.91 Å². The number of carbonyl (C=O) groups excluding carboxylic acids is 1. The molecule has 2 N–H and O–H groups in total. The van der Waals surface area contributed by atoms with Crippen LogP contribution in [0, 0.1) is 5.92 Å². The van der Waals surface area contributed by atoms with Gasteiger partial charge in [-0.25, -0.2) is 0 Å². The molecule has 14 heavy (non-hydrogen) atoms. The summed E-state index contributed by atoms with van der Waals surface area (Å²) in [7, 11) is 0. The lowest BCUT2D eigenvalue weighted by Gasteiger charge is -2.09. The minimum Gasteiger partial charge on any atom is -0.396 e. The molecule has 0 heterocycles. The zero-order chi connectivity index (χ0) is 10.4. The molecule has 0 aliphatic heterocycles. The van der Waals surface area contributed by atoms with E-state index in [2.05, 4.69) is 5.32 Å². The molecule has 1 amide bonds. The third-order valence-corrected chi connectivity index (χ3v) is 1.96. The molecule has 0 aliphatic rings. The van der Waals surface area contributed by atoms with Crippen molar-refractivity contribution in [3.05, 3.63) is 35.9 Å². The fraction of sp³-hybridized carbons (Fsp3) is 0.364. The number of aliphatic hydroxyl groups excluding tert-OH is 1. The molecular weight excluding hydrogens is 178 g/mol. The highest BCUT2D eigenvalue weighted by Crippen LogP contribution is 1.98. The van der Waals surface area contributed by atoms with E-state index >= 15 is 0 Å². The van der Waals surface area contributed by atoms with Gasteiger partial charge < -0.3 is 10.4 Å². The monoisotopic (exact) mass is 193 g/mol. The van der Waals surface area contributed by atoms with Crippen LogP contribution in [-0.2, 0) is 0 Å². The van der Waals surface area contributed by atoms with Crippen LogP contribution in [0.25, 0.3) is 0 Å². The Morgan fingerprint density at radius 3 is 2.64 bits per heavy atom. The SMILES string of the molecule is C[C@@H](CO)CNC(=O)c1ccccc1. The van der Waals surface area contributed by atoms with Gasteiger partial charge in [0.15, 0.2) is 0 Å². The first-order valence-corrected chi connectivity index (χ1v) is 4.68. The summed E-state index contributed by atoms with van der Waals surface area (Å²) in [5.74, 6) is 0.00793. The first-order valence-electron chi connectivity index (χ1n) is 4.68. The van der Waals surface area contributed by atoms with Crippen molar-refractivity contribution < 1.29 is 9.90 Å². The Morgan fingerprint density at radius 1 is 1.43 bits per heavy atom. The second kappa shape index (κ2) is 5.40. The van der Waals surface area contributed by atoms with E-state index in [-0.39, 0.29) is 18.4 Å². The largest absolute Gasteiger partial charge is 0.396 e. The predicted molar refractivity (Wildman–Crippen MR) is 55.0 cm³/mol. The molecule has 1 rings (SSSR count). The van der Waals surface area contributed by atoms with Gasteiger partial charge in [-0.3, -0.25) is 4.79 Å². The molecule has 1 aromatic rings. The molecule has 0 saturated heterocycles. The van der Waals surface area contributed by atoms with Gasteiger partial charge in [0.2, 0.25) is 0 Å². The number of aliphatic hydroxyl groups is 1. The smallest absolute Gasteiger partial charge is 0.251 e. The van der Waals surface area contributed by atoms with E-state index in [0.29, 0.717) is 12.1 Å². The van der Waals surface area contributed by atoms with Crippen LogP contribution in [0.3, 0.4) is 0 Å². The van der Waals surface area contributed by atoms with Crippen LogP contribution in [0.5, 0.6) is 0 Å². The van der Waals surface area contributed by atoms with Crippen molar-refractivity contribution in [1.29, 1.82) is 0 Å². The number of amides is 1. The molecule has 0 bridgehead atoms. The normalized spacial score (nSPS) is 12.1. The van der Waals surface area contributed by atoms with Gasteiger partial charge in [0.05, 0.1) is 0 Å². The minimum absolute atomic E-state index is 0.0918. The Hall–Kier alpha value is -1.35. The molecule has 0 aromatic heterocycles. The molecule has 0 saturated carbocycles. The lowest BCUT2D eigenvalue weighted by Crippen LogP contribution is -2.29. The van der Waals surface area contributed by atoms with Gasteiger partial charge >= 0.3 is 0 Å². The van der Waals surface area contributed by atoms with Gasteiger partial charge in [0.25, 0.3) is 5.91 Å². The second-order valence-corrected chi connectivity index (χ2v) is 3.36. The van der Waals surface area contributed by atoms with Crippen LogP contribution in [0.1, 0.15) is 17.3 Å². The van der Waals surface area contributed by atoms with E-state index in [4.69, 9.17) is 5.11 Å². The number of nitrogens with one attached hydrogen (secondary N) is 1. The summed E-state index contributed by atoms with van der Waals surface area (Å²) < 4.78 is 0. The summed E-state index contributed by atoms with van der Waals surface area (Å²) in [5.41, 5.74) is 0.651. The summed E-state index contributed by atoms with van der Waals surface area (Å²) in [4.78, 5) is 11.5. The molecule has 76 valence electrons. The molecular formula is C11H15NO2. The molecule has 0 aliphatic carbocycles. The van der Waals surface area contributed by atoms with Gasteiger partial charge in [-0.15, -0.1) is 0 Å². The van der Waals surface area contributed by atoms with Crippen LogP contribution in [0.2, 0.25) is 0 Å². The van der Waals surface area contributed by atoms with Crippen LogP contribution >= 0.6 is 0 Å². The van der Waals surface area contributed by atoms with Gasteiger partial charge in [0.1, 0.15) is 0 Å². The van der Waals surface area contributed by atoms with Crippen molar-refractivity contribution in [2.45, 2.75) is 6.92 Å². The summed E-state index contributed by atoms with van der Waals surface area (Å²) in [5, 5.41) is 11.5. The Balaban J connectivity index is 2.44. The first-order chi connectivity index (χ1) is 6.74. The average molecular weight is 193 g/mol. The van der Waals surface area contributed by atoms with Crippen molar-refractivity contribution in [1.82, 2.24) is 5.32 Å². The summed E-state index contributed by atoms with van der Waals surface area (Å²) in [6.45, 7) is 2.48. The number of hydrogen-bond acceptors (Lipinski definition) is 2. The first kappa shape index (κ1) is 10.7. The number of carbonyl (C=O) groups is 1. The molecule has 3 heteroatoms. The zero-order valence-electron chi connectivity index (χ0n) is 8.23. The highest BCUT2D eigenvalue weighted by molar-refractivity contribution is 5.94. The van der Waals surface area contributed by atoms with Crippen molar-refractivity contribution in [3.63, 3.8) is 0 Å². The molecule has 0 spiro atoms. The van der Waals surface area contributed by atoms with E-state index in [0.717, 1.165) is 0 Å². The highest BCUT2D eigenvalue weighted by Gasteiger charge is 2.05. The van der Waals surface area contributed by atoms with Crippen molar-refractivity contribution in [2.24, 2.45) is 5.92 Å². The van der Waals surface area contributed by atoms with Crippen molar-refractivity contribution in [2.75, 3.05) is 13.2 Å². The van der Waals surface area contributed by atoms with Crippen LogP contribution in [-0.4, -0.2) is 24.2 Å². The van der Waals surface area contributed by atoms with Crippen LogP contribution in [0.15, 0.2) is 30.3 Å². The third-order valence-electron chi connectivity index (χ3n) is 1.96. The Morgan fingerprint density at radius 2 is 2.07 bits per heavy atom. The lowest BCUT2D eigenvalue weighted by molar-refractivity contribution is 0.0942. The standard InChI is InChI=1S/C11H15NO2/c1-9(8-13)7-12-11(14)10-5-3-2-4-6-10/h2-6,9,13H,7-8H2,1H3,(H,12,14)/t9-/m1/s1. The fourth-order valence-corrected chi connectivity index (χ4v) is 1.02. The summed E-state index contributed by atoms with van der Waals surface area (Å²) in [6.07, 6.45) is 0. The number of rotatable bonds is 4.